The molecule has 1 aliphatic rings. The number of benzene rings is 1. The molecule has 1 aromatic carbocycles. The van der Waals surface area contributed by atoms with Crippen LogP contribution in [0.2, 0.25) is 0 Å². The molecule has 5 nitrogen and oxygen atoms in total. The minimum Gasteiger partial charge on any atom is -0.303 e. The Morgan fingerprint density at radius 1 is 1.14 bits per heavy atom. The molecule has 0 N–H and O–H groups in total. The highest BCUT2D eigenvalue weighted by molar-refractivity contribution is 5.96. The maximum atomic E-state index is 12.1. The lowest BCUT2D eigenvalue weighted by Crippen LogP contribution is -2.30. The number of carbonyl (C=O) groups excluding carboxylic acids is 1. The molecule has 1 saturated heterocycles. The van der Waals surface area contributed by atoms with Gasteiger partial charge in [0, 0.05) is 24.1 Å². The van der Waals surface area contributed by atoms with Crippen molar-refractivity contribution in [1.29, 1.82) is 0 Å². The lowest BCUT2D eigenvalue weighted by molar-refractivity contribution is -0.384. The van der Waals surface area contributed by atoms with Gasteiger partial charge in [0.2, 0.25) is 0 Å². The highest BCUT2D eigenvalue weighted by atomic mass is 16.6. The Hall–Kier alpha value is -1.75. The average molecular weight is 304 g/mol. The van der Waals surface area contributed by atoms with Crippen LogP contribution in [-0.4, -0.2) is 35.2 Å². The van der Waals surface area contributed by atoms with Crippen molar-refractivity contribution >= 4 is 11.5 Å². The van der Waals surface area contributed by atoms with E-state index in [4.69, 9.17) is 0 Å². The van der Waals surface area contributed by atoms with Crippen LogP contribution >= 0.6 is 0 Å². The molecule has 0 aromatic heterocycles. The van der Waals surface area contributed by atoms with Gasteiger partial charge in [-0.05, 0) is 45.3 Å². The zero-order valence-electron chi connectivity index (χ0n) is 13.0. The van der Waals surface area contributed by atoms with Crippen LogP contribution in [0.25, 0.3) is 0 Å². The summed E-state index contributed by atoms with van der Waals surface area (Å²) in [7, 11) is 0. The molecule has 0 bridgehead atoms. The van der Waals surface area contributed by atoms with E-state index >= 15 is 0 Å². The standard InChI is InChI=1S/C17H24N2O3/c20-17(15-8-7-9-16(14-15)19(21)22)10-3-1-4-11-18-12-5-2-6-13-18/h7-9,14H,1-6,10-13H2. The Bertz CT molecular complexity index is 510. The molecule has 120 valence electrons. The second-order valence-electron chi connectivity index (χ2n) is 5.94. The summed E-state index contributed by atoms with van der Waals surface area (Å²) in [5, 5.41) is 10.7. The molecule has 0 aliphatic carbocycles. The number of piperidine rings is 1. The number of rotatable bonds is 8. The molecule has 0 amide bonds. The van der Waals surface area contributed by atoms with Crippen molar-refractivity contribution < 1.29 is 9.72 Å². The molecule has 2 rings (SSSR count). The van der Waals surface area contributed by atoms with E-state index in [2.05, 4.69) is 4.90 Å². The average Bonchev–Trinajstić information content (AvgIpc) is 2.55. The number of likely N-dealkylation sites (tertiary alicyclic amines) is 1. The summed E-state index contributed by atoms with van der Waals surface area (Å²) in [5.74, 6) is 0.00155. The van der Waals surface area contributed by atoms with E-state index in [1.54, 1.807) is 12.1 Å². The van der Waals surface area contributed by atoms with Crippen LogP contribution < -0.4 is 0 Å². The Labute approximate surface area is 131 Å². The topological polar surface area (TPSA) is 63.5 Å². The third kappa shape index (κ3) is 5.22. The maximum absolute atomic E-state index is 12.1. The number of hydrogen-bond donors (Lipinski definition) is 0. The zero-order chi connectivity index (χ0) is 15.8. The van der Waals surface area contributed by atoms with Crippen LogP contribution in [0.1, 0.15) is 55.3 Å². The molecule has 22 heavy (non-hydrogen) atoms. The van der Waals surface area contributed by atoms with E-state index in [1.807, 2.05) is 0 Å². The Kier molecular flexibility index (Phi) is 6.52. The number of hydrogen-bond acceptors (Lipinski definition) is 4. The zero-order valence-corrected chi connectivity index (χ0v) is 13.0. The van der Waals surface area contributed by atoms with Gasteiger partial charge in [-0.3, -0.25) is 14.9 Å². The molecule has 1 aliphatic heterocycles. The molecule has 5 heteroatoms. The predicted octanol–water partition coefficient (Wildman–Crippen LogP) is 3.82. The number of nitro benzene ring substituents is 1. The Balaban J connectivity index is 1.67. The van der Waals surface area contributed by atoms with Crippen LogP contribution in [-0.2, 0) is 0 Å². The minimum atomic E-state index is -0.463. The van der Waals surface area contributed by atoms with Gasteiger partial charge in [-0.15, -0.1) is 0 Å². The first-order chi connectivity index (χ1) is 10.7. The van der Waals surface area contributed by atoms with Crippen LogP contribution in [0.3, 0.4) is 0 Å². The summed E-state index contributed by atoms with van der Waals surface area (Å²) >= 11 is 0. The van der Waals surface area contributed by atoms with Crippen molar-refractivity contribution in [3.8, 4) is 0 Å². The minimum absolute atomic E-state index is 0.00155. The summed E-state index contributed by atoms with van der Waals surface area (Å²) in [6.45, 7) is 3.56. The molecule has 0 spiro atoms. The van der Waals surface area contributed by atoms with Gasteiger partial charge in [0.1, 0.15) is 0 Å². The largest absolute Gasteiger partial charge is 0.303 e. The van der Waals surface area contributed by atoms with E-state index in [1.165, 1.54) is 44.5 Å². The van der Waals surface area contributed by atoms with Gasteiger partial charge in [-0.1, -0.05) is 25.0 Å². The normalized spacial score (nSPS) is 15.6. The van der Waals surface area contributed by atoms with Gasteiger partial charge in [-0.2, -0.15) is 0 Å². The molecule has 1 aromatic rings. The second-order valence-corrected chi connectivity index (χ2v) is 5.94. The second kappa shape index (κ2) is 8.63. The van der Waals surface area contributed by atoms with E-state index in [0.717, 1.165) is 25.8 Å². The molecule has 0 radical (unpaired) electrons. The van der Waals surface area contributed by atoms with Crippen molar-refractivity contribution in [3.05, 3.63) is 39.9 Å². The van der Waals surface area contributed by atoms with Gasteiger partial charge >= 0.3 is 0 Å². The lowest BCUT2D eigenvalue weighted by Gasteiger charge is -2.26. The number of non-ortho nitro benzene ring substituents is 1. The van der Waals surface area contributed by atoms with E-state index < -0.39 is 4.92 Å². The first kappa shape index (κ1) is 16.6. The van der Waals surface area contributed by atoms with Gasteiger partial charge in [-0.25, -0.2) is 0 Å². The van der Waals surface area contributed by atoms with Gasteiger partial charge in [0.15, 0.2) is 5.78 Å². The highest BCUT2D eigenvalue weighted by Gasteiger charge is 2.12. The lowest BCUT2D eigenvalue weighted by atomic mass is 10.0. The predicted molar refractivity (Wildman–Crippen MR) is 86.2 cm³/mol. The summed E-state index contributed by atoms with van der Waals surface area (Å²) in [4.78, 5) is 24.8. The number of ketones is 1. The van der Waals surface area contributed by atoms with Crippen molar-refractivity contribution in [2.45, 2.75) is 44.9 Å². The van der Waals surface area contributed by atoms with Crippen molar-refractivity contribution in [2.75, 3.05) is 19.6 Å². The summed E-state index contributed by atoms with van der Waals surface area (Å²) < 4.78 is 0. The van der Waals surface area contributed by atoms with Crippen LogP contribution in [0.5, 0.6) is 0 Å². The smallest absolute Gasteiger partial charge is 0.270 e. The number of nitro groups is 1. The van der Waals surface area contributed by atoms with E-state index in [-0.39, 0.29) is 11.5 Å². The molecule has 1 heterocycles. The molecular formula is C17H24N2O3. The third-order valence-corrected chi connectivity index (χ3v) is 4.21. The summed E-state index contributed by atoms with van der Waals surface area (Å²) in [6.07, 6.45) is 7.47. The number of nitrogens with zero attached hydrogens (tertiary/aromatic N) is 2. The fraction of sp³-hybridized carbons (Fsp3) is 0.588. The number of carbonyl (C=O) groups is 1. The van der Waals surface area contributed by atoms with Gasteiger partial charge in [0.25, 0.3) is 5.69 Å². The molecule has 1 fully saturated rings. The van der Waals surface area contributed by atoms with Crippen LogP contribution in [0, 0.1) is 10.1 Å². The first-order valence-electron chi connectivity index (χ1n) is 8.17. The monoisotopic (exact) mass is 304 g/mol. The Morgan fingerprint density at radius 3 is 2.64 bits per heavy atom. The summed E-state index contributed by atoms with van der Waals surface area (Å²) in [5.41, 5.74) is 0.432. The maximum Gasteiger partial charge on any atom is 0.270 e. The summed E-state index contributed by atoms with van der Waals surface area (Å²) in [6, 6.07) is 6.01. The molecule has 0 unspecified atom stereocenters. The van der Waals surface area contributed by atoms with Gasteiger partial charge in [0.05, 0.1) is 4.92 Å². The quantitative estimate of drug-likeness (QED) is 0.317. The Morgan fingerprint density at radius 2 is 1.91 bits per heavy atom. The van der Waals surface area contributed by atoms with Gasteiger partial charge < -0.3 is 4.90 Å². The molecule has 0 saturated carbocycles. The van der Waals surface area contributed by atoms with Crippen molar-refractivity contribution in [2.24, 2.45) is 0 Å². The number of Topliss-reactive ketones (excluding diaryl/α,β-unsaturated/α-hetero) is 1. The molecule has 0 atom stereocenters. The first-order valence-corrected chi connectivity index (χ1v) is 8.17. The fourth-order valence-corrected chi connectivity index (χ4v) is 2.92. The SMILES string of the molecule is O=C(CCCCCN1CCCCC1)c1cccc([N+](=O)[O-])c1. The molecular weight excluding hydrogens is 280 g/mol. The van der Waals surface area contributed by atoms with Crippen LogP contribution in [0.4, 0.5) is 5.69 Å². The van der Waals surface area contributed by atoms with E-state index in [0.29, 0.717) is 12.0 Å². The van der Waals surface area contributed by atoms with Crippen LogP contribution in [0.15, 0.2) is 24.3 Å². The van der Waals surface area contributed by atoms with Crippen molar-refractivity contribution in [3.63, 3.8) is 0 Å². The fourth-order valence-electron chi connectivity index (χ4n) is 2.92. The van der Waals surface area contributed by atoms with E-state index in [9.17, 15) is 14.9 Å². The van der Waals surface area contributed by atoms with Crippen molar-refractivity contribution in [1.82, 2.24) is 4.90 Å². The highest BCUT2D eigenvalue weighted by Crippen LogP contribution is 2.16. The number of unbranched alkanes of at least 4 members (excludes halogenated alkanes) is 2. The third-order valence-electron chi connectivity index (χ3n) is 4.21.